The number of carbonyl (C=O) groups excluding carboxylic acids is 1. The molecule has 0 unspecified atom stereocenters. The number of allylic oxidation sites excluding steroid dienone is 1. The fraction of sp³-hybridized carbons (Fsp3) is 0.412. The molecule has 0 spiro atoms. The van der Waals surface area contributed by atoms with Crippen LogP contribution in [0.3, 0.4) is 0 Å². The quantitative estimate of drug-likeness (QED) is 0.868. The minimum Gasteiger partial charge on any atom is -0.496 e. The van der Waals surface area contributed by atoms with Crippen LogP contribution in [0.2, 0.25) is 0 Å². The van der Waals surface area contributed by atoms with Crippen LogP contribution in [0.5, 0.6) is 5.75 Å². The van der Waals surface area contributed by atoms with Crippen molar-refractivity contribution in [2.45, 2.75) is 19.8 Å². The minimum atomic E-state index is -0.771. The van der Waals surface area contributed by atoms with E-state index in [4.69, 9.17) is 9.84 Å². The van der Waals surface area contributed by atoms with Crippen LogP contribution in [0.15, 0.2) is 30.3 Å². The predicted octanol–water partition coefficient (Wildman–Crippen LogP) is 2.42. The van der Waals surface area contributed by atoms with E-state index in [0.717, 1.165) is 16.9 Å². The highest BCUT2D eigenvalue weighted by atomic mass is 16.5. The first-order valence-electron chi connectivity index (χ1n) is 7.36. The van der Waals surface area contributed by atoms with Crippen LogP contribution in [-0.4, -0.2) is 42.1 Å². The van der Waals surface area contributed by atoms with E-state index in [9.17, 15) is 9.59 Å². The van der Waals surface area contributed by atoms with Crippen molar-refractivity contribution < 1.29 is 19.4 Å². The largest absolute Gasteiger partial charge is 0.496 e. The van der Waals surface area contributed by atoms with Crippen molar-refractivity contribution in [1.82, 2.24) is 4.90 Å². The molecule has 22 heavy (non-hydrogen) atoms. The number of rotatable bonds is 4. The van der Waals surface area contributed by atoms with Gasteiger partial charge in [-0.05, 0) is 31.4 Å². The molecule has 0 aromatic heterocycles. The number of carbonyl (C=O) groups is 2. The normalized spacial score (nSPS) is 16.5. The Hall–Kier alpha value is -2.30. The maximum absolute atomic E-state index is 12.3. The van der Waals surface area contributed by atoms with Crippen LogP contribution in [0.4, 0.5) is 0 Å². The molecule has 0 radical (unpaired) electrons. The summed E-state index contributed by atoms with van der Waals surface area (Å²) in [7, 11) is 1.60. The van der Waals surface area contributed by atoms with Crippen LogP contribution in [0.25, 0.3) is 5.57 Å². The molecule has 1 fully saturated rings. The zero-order valence-corrected chi connectivity index (χ0v) is 12.9. The van der Waals surface area contributed by atoms with Crippen LogP contribution < -0.4 is 4.74 Å². The molecule has 5 heteroatoms. The molecule has 5 nitrogen and oxygen atoms in total. The third-order valence-corrected chi connectivity index (χ3v) is 4.03. The molecule has 0 aliphatic carbocycles. The first-order valence-corrected chi connectivity index (χ1v) is 7.36. The lowest BCUT2D eigenvalue weighted by atomic mass is 9.97. The number of para-hydroxylation sites is 1. The average Bonchev–Trinajstić information content (AvgIpc) is 2.54. The van der Waals surface area contributed by atoms with Gasteiger partial charge in [0, 0.05) is 24.7 Å². The zero-order valence-electron chi connectivity index (χ0n) is 12.9. The highest BCUT2D eigenvalue weighted by Crippen LogP contribution is 2.26. The van der Waals surface area contributed by atoms with Gasteiger partial charge in [0.15, 0.2) is 0 Å². The number of hydrogen-bond acceptors (Lipinski definition) is 3. The average molecular weight is 303 g/mol. The highest BCUT2D eigenvalue weighted by molar-refractivity contribution is 5.95. The zero-order chi connectivity index (χ0) is 16.1. The second kappa shape index (κ2) is 7.11. The Morgan fingerprint density at radius 1 is 1.27 bits per heavy atom. The maximum atomic E-state index is 12.3. The summed E-state index contributed by atoms with van der Waals surface area (Å²) in [6, 6.07) is 7.55. The molecule has 1 N–H and O–H groups in total. The summed E-state index contributed by atoms with van der Waals surface area (Å²) < 4.78 is 5.30. The van der Waals surface area contributed by atoms with Crippen LogP contribution in [-0.2, 0) is 9.59 Å². The summed E-state index contributed by atoms with van der Waals surface area (Å²) in [5.74, 6) is -0.447. The van der Waals surface area contributed by atoms with Gasteiger partial charge in [-0.2, -0.15) is 0 Å². The Morgan fingerprint density at radius 3 is 2.50 bits per heavy atom. The summed E-state index contributed by atoms with van der Waals surface area (Å²) in [5.41, 5.74) is 1.72. The van der Waals surface area contributed by atoms with E-state index < -0.39 is 5.97 Å². The van der Waals surface area contributed by atoms with Gasteiger partial charge >= 0.3 is 5.97 Å². The number of carboxylic acid groups (broad SMARTS) is 1. The SMILES string of the molecule is COc1ccccc1/C(C)=C/C(=O)N1CCC(C(=O)O)CC1. The van der Waals surface area contributed by atoms with Gasteiger partial charge in [-0.25, -0.2) is 0 Å². The first-order chi connectivity index (χ1) is 10.5. The lowest BCUT2D eigenvalue weighted by Gasteiger charge is -2.29. The molecular formula is C17H21NO4. The number of piperidine rings is 1. The van der Waals surface area contributed by atoms with E-state index in [2.05, 4.69) is 0 Å². The lowest BCUT2D eigenvalue weighted by Crippen LogP contribution is -2.39. The molecule has 0 saturated carbocycles. The smallest absolute Gasteiger partial charge is 0.306 e. The standard InChI is InChI=1S/C17H21NO4/c1-12(14-5-3-4-6-15(14)22-2)11-16(19)18-9-7-13(8-10-18)17(20)21/h3-6,11,13H,7-10H2,1-2H3,(H,20,21)/b12-11+. The van der Waals surface area contributed by atoms with Gasteiger partial charge in [-0.15, -0.1) is 0 Å². The fourth-order valence-electron chi connectivity index (χ4n) is 2.67. The molecule has 118 valence electrons. The third-order valence-electron chi connectivity index (χ3n) is 4.03. The summed E-state index contributed by atoms with van der Waals surface area (Å²) in [5, 5.41) is 8.99. The monoisotopic (exact) mass is 303 g/mol. The number of likely N-dealkylation sites (tertiary alicyclic amines) is 1. The van der Waals surface area contributed by atoms with E-state index in [1.807, 2.05) is 31.2 Å². The first kappa shape index (κ1) is 16.1. The van der Waals surface area contributed by atoms with Crippen molar-refractivity contribution in [2.75, 3.05) is 20.2 Å². The Bertz CT molecular complexity index is 586. The summed E-state index contributed by atoms with van der Waals surface area (Å²) in [4.78, 5) is 25.0. The molecule has 1 aliphatic heterocycles. The molecular weight excluding hydrogens is 282 g/mol. The van der Waals surface area contributed by atoms with Gasteiger partial charge in [0.2, 0.25) is 5.91 Å². The van der Waals surface area contributed by atoms with Gasteiger partial charge in [0.05, 0.1) is 13.0 Å². The van der Waals surface area contributed by atoms with Crippen LogP contribution in [0, 0.1) is 5.92 Å². The molecule has 0 bridgehead atoms. The Labute approximate surface area is 130 Å². The van der Waals surface area contributed by atoms with Crippen molar-refractivity contribution in [1.29, 1.82) is 0 Å². The minimum absolute atomic E-state index is 0.0766. The lowest BCUT2D eigenvalue weighted by molar-refractivity contribution is -0.144. The van der Waals surface area contributed by atoms with Crippen LogP contribution in [0.1, 0.15) is 25.3 Å². The van der Waals surface area contributed by atoms with Gasteiger partial charge < -0.3 is 14.7 Å². The summed E-state index contributed by atoms with van der Waals surface area (Å²) in [6.07, 6.45) is 2.63. The van der Waals surface area contributed by atoms with Gasteiger partial charge in [0.1, 0.15) is 5.75 Å². The Kier molecular flexibility index (Phi) is 5.20. The molecule has 1 aliphatic rings. The number of amides is 1. The molecule has 0 atom stereocenters. The van der Waals surface area contributed by atoms with Crippen molar-refractivity contribution in [3.05, 3.63) is 35.9 Å². The highest BCUT2D eigenvalue weighted by Gasteiger charge is 2.26. The fourth-order valence-corrected chi connectivity index (χ4v) is 2.67. The second-order valence-corrected chi connectivity index (χ2v) is 5.47. The number of aliphatic carboxylic acids is 1. The van der Waals surface area contributed by atoms with Gasteiger partial charge in [-0.1, -0.05) is 18.2 Å². The van der Waals surface area contributed by atoms with E-state index >= 15 is 0 Å². The number of hydrogen-bond donors (Lipinski definition) is 1. The third kappa shape index (κ3) is 3.67. The van der Waals surface area contributed by atoms with Gasteiger partial charge in [-0.3, -0.25) is 9.59 Å². The molecule has 2 rings (SSSR count). The topological polar surface area (TPSA) is 66.8 Å². The number of nitrogens with zero attached hydrogens (tertiary/aromatic N) is 1. The predicted molar refractivity (Wildman–Crippen MR) is 83.6 cm³/mol. The van der Waals surface area contributed by atoms with E-state index in [-0.39, 0.29) is 11.8 Å². The maximum Gasteiger partial charge on any atom is 0.306 e. The van der Waals surface area contributed by atoms with E-state index in [1.54, 1.807) is 18.1 Å². The Balaban J connectivity index is 2.06. The molecule has 1 aromatic carbocycles. The summed E-state index contributed by atoms with van der Waals surface area (Å²) >= 11 is 0. The molecule has 1 saturated heterocycles. The van der Waals surface area contributed by atoms with E-state index in [1.165, 1.54) is 0 Å². The summed E-state index contributed by atoms with van der Waals surface area (Å²) in [6.45, 7) is 2.86. The Morgan fingerprint density at radius 2 is 1.91 bits per heavy atom. The number of carboxylic acids is 1. The van der Waals surface area contributed by atoms with Crippen molar-refractivity contribution in [2.24, 2.45) is 5.92 Å². The molecule has 1 heterocycles. The van der Waals surface area contributed by atoms with Crippen molar-refractivity contribution >= 4 is 17.4 Å². The second-order valence-electron chi connectivity index (χ2n) is 5.47. The van der Waals surface area contributed by atoms with Crippen molar-refractivity contribution in [3.63, 3.8) is 0 Å². The van der Waals surface area contributed by atoms with Crippen LogP contribution >= 0.6 is 0 Å². The van der Waals surface area contributed by atoms with Gasteiger partial charge in [0.25, 0.3) is 0 Å². The van der Waals surface area contributed by atoms with Crippen molar-refractivity contribution in [3.8, 4) is 5.75 Å². The number of methoxy groups -OCH3 is 1. The number of ether oxygens (including phenoxy) is 1. The van der Waals surface area contributed by atoms with E-state index in [0.29, 0.717) is 25.9 Å². The number of benzene rings is 1. The molecule has 1 aromatic rings. The molecule has 1 amide bonds.